The van der Waals surface area contributed by atoms with E-state index in [0.717, 1.165) is 13.0 Å². The van der Waals surface area contributed by atoms with Gasteiger partial charge in [-0.15, -0.1) is 0 Å². The highest BCUT2D eigenvalue weighted by atomic mass is 16.5. The van der Waals surface area contributed by atoms with Gasteiger partial charge in [0, 0.05) is 19.2 Å². The molecule has 1 amide bonds. The normalized spacial score (nSPS) is 19.3. The Labute approximate surface area is 157 Å². The standard InChI is InChI=1S/C19H26N4O4/c1-5-23(18(25)19(2)6-7-20-11-19)10-16-21-13-9-15(27-4)14(26-3)8-12(13)17(24)22-16/h8-9,20H,5-7,10-11H2,1-4H3,(H,21,22,24). The average Bonchev–Trinajstić information content (AvgIpc) is 3.12. The summed E-state index contributed by atoms with van der Waals surface area (Å²) in [5, 5.41) is 3.66. The number of rotatable bonds is 6. The van der Waals surface area contributed by atoms with Crippen LogP contribution in [0.1, 0.15) is 26.1 Å². The average molecular weight is 374 g/mol. The molecule has 1 aliphatic rings. The van der Waals surface area contributed by atoms with Crippen LogP contribution in [-0.4, -0.2) is 54.6 Å². The van der Waals surface area contributed by atoms with Gasteiger partial charge in [0.25, 0.3) is 5.56 Å². The fourth-order valence-corrected chi connectivity index (χ4v) is 3.48. The highest BCUT2D eigenvalue weighted by molar-refractivity contribution is 5.83. The first-order chi connectivity index (χ1) is 12.9. The molecular formula is C19H26N4O4. The Morgan fingerprint density at radius 1 is 1.30 bits per heavy atom. The smallest absolute Gasteiger partial charge is 0.258 e. The molecule has 27 heavy (non-hydrogen) atoms. The van der Waals surface area contributed by atoms with Crippen LogP contribution in [0.4, 0.5) is 0 Å². The van der Waals surface area contributed by atoms with E-state index in [9.17, 15) is 9.59 Å². The highest BCUT2D eigenvalue weighted by Gasteiger charge is 2.39. The van der Waals surface area contributed by atoms with Crippen LogP contribution >= 0.6 is 0 Å². The first-order valence-corrected chi connectivity index (χ1v) is 9.07. The third kappa shape index (κ3) is 3.62. The van der Waals surface area contributed by atoms with Crippen LogP contribution < -0.4 is 20.3 Å². The van der Waals surface area contributed by atoms with E-state index in [-0.39, 0.29) is 18.0 Å². The predicted molar refractivity (Wildman–Crippen MR) is 102 cm³/mol. The zero-order chi connectivity index (χ0) is 19.6. The van der Waals surface area contributed by atoms with Crippen LogP contribution in [0.15, 0.2) is 16.9 Å². The predicted octanol–water partition coefficient (Wildman–Crippen LogP) is 1.29. The van der Waals surface area contributed by atoms with E-state index >= 15 is 0 Å². The summed E-state index contributed by atoms with van der Waals surface area (Å²) in [4.78, 5) is 34.5. The maximum Gasteiger partial charge on any atom is 0.258 e. The van der Waals surface area contributed by atoms with Crippen molar-refractivity contribution >= 4 is 16.8 Å². The first kappa shape index (κ1) is 19.2. The molecule has 0 aliphatic carbocycles. The minimum absolute atomic E-state index is 0.0741. The van der Waals surface area contributed by atoms with Crippen molar-refractivity contribution in [3.63, 3.8) is 0 Å². The third-order valence-electron chi connectivity index (χ3n) is 5.15. The number of hydrogen-bond acceptors (Lipinski definition) is 6. The molecule has 2 N–H and O–H groups in total. The topological polar surface area (TPSA) is 96.6 Å². The lowest BCUT2D eigenvalue weighted by Crippen LogP contribution is -2.43. The fraction of sp³-hybridized carbons (Fsp3) is 0.526. The van der Waals surface area contributed by atoms with Crippen LogP contribution in [0.3, 0.4) is 0 Å². The monoisotopic (exact) mass is 374 g/mol. The summed E-state index contributed by atoms with van der Waals surface area (Å²) in [6.07, 6.45) is 0.807. The number of aromatic amines is 1. The van der Waals surface area contributed by atoms with Gasteiger partial charge in [0.2, 0.25) is 5.91 Å². The van der Waals surface area contributed by atoms with E-state index in [1.807, 2.05) is 13.8 Å². The van der Waals surface area contributed by atoms with E-state index in [0.29, 0.717) is 41.3 Å². The quantitative estimate of drug-likeness (QED) is 0.791. The molecule has 0 saturated carbocycles. The summed E-state index contributed by atoms with van der Waals surface area (Å²) < 4.78 is 10.5. The summed E-state index contributed by atoms with van der Waals surface area (Å²) in [5.41, 5.74) is -0.180. The number of fused-ring (bicyclic) bond motifs is 1. The second-order valence-electron chi connectivity index (χ2n) is 7.04. The number of ether oxygens (including phenoxy) is 2. The van der Waals surface area contributed by atoms with Crippen LogP contribution in [-0.2, 0) is 11.3 Å². The van der Waals surface area contributed by atoms with Gasteiger partial charge in [0.1, 0.15) is 5.82 Å². The van der Waals surface area contributed by atoms with Crippen molar-refractivity contribution in [1.82, 2.24) is 20.2 Å². The lowest BCUT2D eigenvalue weighted by atomic mass is 9.88. The number of methoxy groups -OCH3 is 2. The summed E-state index contributed by atoms with van der Waals surface area (Å²) in [7, 11) is 3.05. The minimum atomic E-state index is -0.413. The lowest BCUT2D eigenvalue weighted by Gasteiger charge is -2.30. The highest BCUT2D eigenvalue weighted by Crippen LogP contribution is 2.30. The number of hydrogen-bond donors (Lipinski definition) is 2. The third-order valence-corrected chi connectivity index (χ3v) is 5.15. The molecule has 8 heteroatoms. The van der Waals surface area contributed by atoms with E-state index in [2.05, 4.69) is 15.3 Å². The van der Waals surface area contributed by atoms with E-state index in [1.54, 1.807) is 17.0 Å². The van der Waals surface area contributed by atoms with Gasteiger partial charge in [0.15, 0.2) is 11.5 Å². The van der Waals surface area contributed by atoms with Crippen molar-refractivity contribution in [1.29, 1.82) is 0 Å². The molecule has 2 aromatic rings. The van der Waals surface area contributed by atoms with Gasteiger partial charge in [-0.25, -0.2) is 4.98 Å². The van der Waals surface area contributed by atoms with E-state index < -0.39 is 5.41 Å². The maximum absolute atomic E-state index is 13.0. The molecular weight excluding hydrogens is 348 g/mol. The molecule has 1 fully saturated rings. The second kappa shape index (κ2) is 7.56. The maximum atomic E-state index is 13.0. The van der Waals surface area contributed by atoms with Crippen molar-refractivity contribution in [2.24, 2.45) is 5.41 Å². The Morgan fingerprint density at radius 3 is 2.59 bits per heavy atom. The summed E-state index contributed by atoms with van der Waals surface area (Å²) >= 11 is 0. The molecule has 1 aromatic heterocycles. The molecule has 1 unspecified atom stereocenters. The van der Waals surface area contributed by atoms with Crippen LogP contribution in [0.25, 0.3) is 10.9 Å². The molecule has 2 heterocycles. The molecule has 3 rings (SSSR count). The molecule has 1 aliphatic heterocycles. The molecule has 1 atom stereocenters. The molecule has 146 valence electrons. The number of aromatic nitrogens is 2. The van der Waals surface area contributed by atoms with Crippen molar-refractivity contribution in [3.05, 3.63) is 28.3 Å². The Morgan fingerprint density at radius 2 is 2.00 bits per heavy atom. The molecule has 8 nitrogen and oxygen atoms in total. The van der Waals surface area contributed by atoms with Crippen molar-refractivity contribution in [2.45, 2.75) is 26.8 Å². The zero-order valence-electron chi connectivity index (χ0n) is 16.2. The summed E-state index contributed by atoms with van der Waals surface area (Å²) in [6.45, 7) is 6.21. The van der Waals surface area contributed by atoms with Gasteiger partial charge in [-0.1, -0.05) is 0 Å². The summed E-state index contributed by atoms with van der Waals surface area (Å²) in [6, 6.07) is 3.28. The number of amides is 1. The minimum Gasteiger partial charge on any atom is -0.493 e. The first-order valence-electron chi connectivity index (χ1n) is 9.07. The van der Waals surface area contributed by atoms with E-state index in [4.69, 9.17) is 9.47 Å². The number of H-pyrrole nitrogens is 1. The van der Waals surface area contributed by atoms with Crippen LogP contribution in [0, 0.1) is 5.41 Å². The molecule has 1 aromatic carbocycles. The largest absolute Gasteiger partial charge is 0.493 e. The van der Waals surface area contributed by atoms with Crippen molar-refractivity contribution < 1.29 is 14.3 Å². The number of benzene rings is 1. The van der Waals surface area contributed by atoms with Gasteiger partial charge in [0.05, 0.1) is 37.1 Å². The molecule has 0 bridgehead atoms. The molecule has 0 spiro atoms. The van der Waals surface area contributed by atoms with Gasteiger partial charge >= 0.3 is 0 Å². The molecule has 1 saturated heterocycles. The number of carbonyl (C=O) groups excluding carboxylic acids is 1. The van der Waals surface area contributed by atoms with Crippen molar-refractivity contribution in [2.75, 3.05) is 33.9 Å². The van der Waals surface area contributed by atoms with Crippen molar-refractivity contribution in [3.8, 4) is 11.5 Å². The molecule has 0 radical (unpaired) electrons. The Hall–Kier alpha value is -2.61. The van der Waals surface area contributed by atoms with Gasteiger partial charge in [-0.3, -0.25) is 9.59 Å². The fourth-order valence-electron chi connectivity index (χ4n) is 3.48. The second-order valence-corrected chi connectivity index (χ2v) is 7.04. The van der Waals surface area contributed by atoms with Crippen LogP contribution in [0.5, 0.6) is 11.5 Å². The Kier molecular flexibility index (Phi) is 5.36. The van der Waals surface area contributed by atoms with Gasteiger partial charge < -0.3 is 24.7 Å². The van der Waals surface area contributed by atoms with E-state index in [1.165, 1.54) is 14.2 Å². The van der Waals surface area contributed by atoms with Gasteiger partial charge in [-0.05, 0) is 32.9 Å². The zero-order valence-corrected chi connectivity index (χ0v) is 16.2. The number of nitrogens with one attached hydrogen (secondary N) is 2. The Bertz CT molecular complexity index is 902. The van der Waals surface area contributed by atoms with Gasteiger partial charge in [-0.2, -0.15) is 0 Å². The SMILES string of the molecule is CCN(Cc1nc2cc(OC)c(OC)cc2c(=O)[nH]1)C(=O)C1(C)CCNC1. The Balaban J connectivity index is 1.94. The number of nitrogens with zero attached hydrogens (tertiary/aromatic N) is 2. The summed E-state index contributed by atoms with van der Waals surface area (Å²) in [5.74, 6) is 1.49. The number of carbonyl (C=O) groups is 1. The van der Waals surface area contributed by atoms with Crippen LogP contribution in [0.2, 0.25) is 0 Å². The lowest BCUT2D eigenvalue weighted by molar-refractivity contribution is -0.140.